The second-order valence-electron chi connectivity index (χ2n) is 12.3. The number of carbonyl (C=O) groups excluding carboxylic acids is 1. The number of nitrogens with zero attached hydrogens (tertiary/aromatic N) is 4. The van der Waals surface area contributed by atoms with Gasteiger partial charge in [-0.15, -0.1) is 0 Å². The zero-order chi connectivity index (χ0) is 29.6. The van der Waals surface area contributed by atoms with Crippen LogP contribution in [-0.4, -0.2) is 82.6 Å². The molecule has 0 N–H and O–H groups in total. The van der Waals surface area contributed by atoms with Crippen molar-refractivity contribution >= 4 is 16.7 Å². The van der Waals surface area contributed by atoms with Crippen LogP contribution >= 0.6 is 0 Å². The van der Waals surface area contributed by atoms with E-state index < -0.39 is 11.7 Å². The topological polar surface area (TPSA) is 48.9 Å². The first kappa shape index (κ1) is 29.1. The van der Waals surface area contributed by atoms with E-state index in [0.29, 0.717) is 26.1 Å². The molecule has 0 saturated carbocycles. The molecule has 2 saturated heterocycles. The lowest BCUT2D eigenvalue weighted by Gasteiger charge is -2.53. The summed E-state index contributed by atoms with van der Waals surface area (Å²) in [6.07, 6.45) is 1.30. The lowest BCUT2D eigenvalue weighted by molar-refractivity contribution is -0.137. The minimum atomic E-state index is -4.35. The Kier molecular flexibility index (Phi) is 7.79. The number of likely N-dealkylation sites (tertiary alicyclic amines) is 1. The quantitative estimate of drug-likeness (QED) is 0.373. The van der Waals surface area contributed by atoms with Crippen molar-refractivity contribution in [2.75, 3.05) is 39.3 Å². The van der Waals surface area contributed by atoms with Crippen LogP contribution < -0.4 is 0 Å². The molecule has 42 heavy (non-hydrogen) atoms. The zero-order valence-electron chi connectivity index (χ0n) is 24.5. The van der Waals surface area contributed by atoms with Gasteiger partial charge in [0.1, 0.15) is 0 Å². The predicted molar refractivity (Wildman–Crippen MR) is 156 cm³/mol. The predicted octanol–water partition coefficient (Wildman–Crippen LogP) is 5.96. The smallest absolute Gasteiger partial charge is 0.376 e. The van der Waals surface area contributed by atoms with Crippen molar-refractivity contribution in [2.45, 2.75) is 69.9 Å². The summed E-state index contributed by atoms with van der Waals surface area (Å²) in [6.45, 7) is 11.0. The lowest BCUT2D eigenvalue weighted by atomic mass is 9.86. The molecule has 0 spiro atoms. The van der Waals surface area contributed by atoms with Crippen LogP contribution in [0.2, 0.25) is 0 Å². The number of rotatable bonds is 5. The average Bonchev–Trinajstić information content (AvgIpc) is 3.33. The SMILES string of the molecule is CCOC1Cc2cc(C(F)(F)F)ccc2C1N1CCN(C2(C)CCN(C(=O)c3cccc4cnccc34)CC2)CC1C. The number of halogens is 3. The molecule has 2 aromatic carbocycles. The molecular formula is C33H39F3N4O2. The second kappa shape index (κ2) is 11.2. The maximum Gasteiger partial charge on any atom is 0.416 e. The van der Waals surface area contributed by atoms with E-state index in [4.69, 9.17) is 4.74 Å². The molecule has 9 heteroatoms. The third kappa shape index (κ3) is 5.31. The number of alkyl halides is 3. The normalized spacial score (nSPS) is 25.1. The first-order valence-electron chi connectivity index (χ1n) is 15.0. The Balaban J connectivity index is 1.13. The first-order valence-corrected chi connectivity index (χ1v) is 15.0. The van der Waals surface area contributed by atoms with Gasteiger partial charge in [-0.2, -0.15) is 13.2 Å². The van der Waals surface area contributed by atoms with Gasteiger partial charge in [0.15, 0.2) is 0 Å². The van der Waals surface area contributed by atoms with E-state index in [1.54, 1.807) is 18.5 Å². The molecule has 1 amide bonds. The first-order chi connectivity index (χ1) is 20.1. The molecule has 3 heterocycles. The highest BCUT2D eigenvalue weighted by atomic mass is 19.4. The number of piperidine rings is 1. The van der Waals surface area contributed by atoms with Gasteiger partial charge in [-0.25, -0.2) is 0 Å². The highest BCUT2D eigenvalue weighted by Crippen LogP contribution is 2.43. The molecule has 1 aromatic heterocycles. The molecule has 3 aromatic rings. The van der Waals surface area contributed by atoms with E-state index in [0.717, 1.165) is 59.9 Å². The molecule has 2 fully saturated rings. The van der Waals surface area contributed by atoms with Crippen molar-refractivity contribution in [3.63, 3.8) is 0 Å². The number of aromatic nitrogens is 1. The van der Waals surface area contributed by atoms with Crippen molar-refractivity contribution in [3.05, 3.63) is 77.1 Å². The number of hydrogen-bond acceptors (Lipinski definition) is 5. The summed E-state index contributed by atoms with van der Waals surface area (Å²) in [5.74, 6) is 0.0718. The van der Waals surface area contributed by atoms with Crippen LogP contribution in [-0.2, 0) is 17.3 Å². The Morgan fingerprint density at radius 2 is 1.88 bits per heavy atom. The van der Waals surface area contributed by atoms with Gasteiger partial charge in [0.2, 0.25) is 0 Å². The van der Waals surface area contributed by atoms with Crippen LogP contribution in [0.1, 0.15) is 66.7 Å². The van der Waals surface area contributed by atoms with E-state index in [1.165, 1.54) is 12.1 Å². The van der Waals surface area contributed by atoms with E-state index in [-0.39, 0.29) is 29.6 Å². The fraction of sp³-hybridized carbons (Fsp3) is 0.515. The Hall–Kier alpha value is -3.01. The minimum absolute atomic E-state index is 0.0195. The molecular weight excluding hydrogens is 541 g/mol. The maximum atomic E-state index is 13.5. The van der Waals surface area contributed by atoms with Crippen LogP contribution in [0.15, 0.2) is 54.9 Å². The van der Waals surface area contributed by atoms with Crippen molar-refractivity contribution in [1.29, 1.82) is 0 Å². The number of amides is 1. The van der Waals surface area contributed by atoms with Crippen LogP contribution in [0.3, 0.4) is 0 Å². The van der Waals surface area contributed by atoms with Gasteiger partial charge in [-0.1, -0.05) is 18.2 Å². The van der Waals surface area contributed by atoms with Gasteiger partial charge < -0.3 is 9.64 Å². The van der Waals surface area contributed by atoms with Crippen molar-refractivity contribution in [2.24, 2.45) is 0 Å². The number of benzene rings is 2. The van der Waals surface area contributed by atoms with E-state index in [2.05, 4.69) is 28.6 Å². The Labute approximate surface area is 245 Å². The summed E-state index contributed by atoms with van der Waals surface area (Å²) in [7, 11) is 0. The number of carbonyl (C=O) groups is 1. The van der Waals surface area contributed by atoms with E-state index >= 15 is 0 Å². The van der Waals surface area contributed by atoms with Gasteiger partial charge >= 0.3 is 6.18 Å². The van der Waals surface area contributed by atoms with Crippen molar-refractivity contribution < 1.29 is 22.7 Å². The molecule has 6 rings (SSSR count). The van der Waals surface area contributed by atoms with Crippen LogP contribution in [0, 0.1) is 0 Å². The third-order valence-corrected chi connectivity index (χ3v) is 9.78. The standard InChI is InChI=1S/C33H39F3N4O2/c1-4-42-29-19-24-18-25(33(34,35)36)8-9-27(24)30(29)40-17-16-39(21-22(40)2)32(3)11-14-38(15-12-32)31(41)28-7-5-6-23-20-37-13-10-26(23)28/h5-10,13,18,20,22,29-30H,4,11-12,14-17,19,21H2,1-3H3. The number of ether oxygens (including phenoxy) is 1. The highest BCUT2D eigenvalue weighted by Gasteiger charge is 2.45. The van der Waals surface area contributed by atoms with Crippen molar-refractivity contribution in [1.82, 2.24) is 19.7 Å². The number of fused-ring (bicyclic) bond motifs is 2. The largest absolute Gasteiger partial charge is 0.416 e. The van der Waals surface area contributed by atoms with Gasteiger partial charge in [-0.3, -0.25) is 19.6 Å². The molecule has 3 atom stereocenters. The summed E-state index contributed by atoms with van der Waals surface area (Å²) in [5.41, 5.74) is 1.82. The molecule has 0 bridgehead atoms. The van der Waals surface area contributed by atoms with Gasteiger partial charge in [0.25, 0.3) is 5.91 Å². The average molecular weight is 581 g/mol. The summed E-state index contributed by atoms with van der Waals surface area (Å²) in [4.78, 5) is 24.7. The van der Waals surface area contributed by atoms with Crippen LogP contribution in [0.25, 0.3) is 10.8 Å². The molecule has 2 aliphatic heterocycles. The van der Waals surface area contributed by atoms with Gasteiger partial charge in [-0.05, 0) is 74.4 Å². The summed E-state index contributed by atoms with van der Waals surface area (Å²) in [5, 5.41) is 1.90. The zero-order valence-corrected chi connectivity index (χ0v) is 24.5. The number of hydrogen-bond donors (Lipinski definition) is 0. The summed E-state index contributed by atoms with van der Waals surface area (Å²) >= 11 is 0. The lowest BCUT2D eigenvalue weighted by Crippen LogP contribution is -2.62. The van der Waals surface area contributed by atoms with Gasteiger partial charge in [0, 0.05) is 80.7 Å². The molecule has 3 unspecified atom stereocenters. The molecule has 224 valence electrons. The van der Waals surface area contributed by atoms with Crippen molar-refractivity contribution in [3.8, 4) is 0 Å². The number of pyridine rings is 1. The summed E-state index contributed by atoms with van der Waals surface area (Å²) in [6, 6.07) is 12.1. The molecule has 6 nitrogen and oxygen atoms in total. The fourth-order valence-corrected chi connectivity index (χ4v) is 7.39. The Bertz CT molecular complexity index is 1450. The number of piperazine rings is 1. The second-order valence-corrected chi connectivity index (χ2v) is 12.3. The van der Waals surface area contributed by atoms with E-state index in [1.807, 2.05) is 36.1 Å². The third-order valence-electron chi connectivity index (χ3n) is 9.78. The molecule has 3 aliphatic rings. The monoisotopic (exact) mass is 580 g/mol. The van der Waals surface area contributed by atoms with Gasteiger partial charge in [0.05, 0.1) is 17.7 Å². The molecule has 1 aliphatic carbocycles. The van der Waals surface area contributed by atoms with E-state index in [9.17, 15) is 18.0 Å². The van der Waals surface area contributed by atoms with Crippen LogP contribution in [0.5, 0.6) is 0 Å². The molecule has 0 radical (unpaired) electrons. The highest BCUT2D eigenvalue weighted by molar-refractivity contribution is 6.06. The Morgan fingerprint density at radius 3 is 2.60 bits per heavy atom. The Morgan fingerprint density at radius 1 is 1.10 bits per heavy atom. The fourth-order valence-electron chi connectivity index (χ4n) is 7.39. The summed E-state index contributed by atoms with van der Waals surface area (Å²) < 4.78 is 46.4. The maximum absolute atomic E-state index is 13.5. The van der Waals surface area contributed by atoms with Crippen LogP contribution in [0.4, 0.5) is 13.2 Å². The minimum Gasteiger partial charge on any atom is -0.376 e.